The fourth-order valence-electron chi connectivity index (χ4n) is 0.272. The second-order valence-electron chi connectivity index (χ2n) is 2.01. The summed E-state index contributed by atoms with van der Waals surface area (Å²) in [4.78, 5) is 9.78. The van der Waals surface area contributed by atoms with Gasteiger partial charge < -0.3 is 15.0 Å². The number of carboxylic acid groups (broad SMARTS) is 1. The summed E-state index contributed by atoms with van der Waals surface area (Å²) in [6.45, 7) is 3.22. The molecule has 3 nitrogen and oxygen atoms in total. The van der Waals surface area contributed by atoms with E-state index in [4.69, 9.17) is 5.11 Å². The van der Waals surface area contributed by atoms with Crippen molar-refractivity contribution in [2.75, 3.05) is 0 Å². The molecule has 0 aromatic carbocycles. The third-order valence-corrected chi connectivity index (χ3v) is 0.873. The van der Waals surface area contributed by atoms with Gasteiger partial charge in [0.05, 0.1) is 12.1 Å². The van der Waals surface area contributed by atoms with Crippen molar-refractivity contribution in [3.05, 3.63) is 0 Å². The van der Waals surface area contributed by atoms with Crippen molar-refractivity contribution < 1.29 is 44.6 Å². The van der Waals surface area contributed by atoms with E-state index in [1.54, 1.807) is 13.8 Å². The molecule has 1 atom stereocenters. The van der Waals surface area contributed by atoms with E-state index in [9.17, 15) is 9.90 Å². The molecule has 4 heteroatoms. The van der Waals surface area contributed by atoms with E-state index < -0.39 is 12.1 Å². The van der Waals surface area contributed by atoms with Gasteiger partial charge in [-0.1, -0.05) is 13.8 Å². The number of rotatable bonds is 2. The zero-order valence-electron chi connectivity index (χ0n) is 5.92. The maximum Gasteiger partial charge on any atom is 1.00 e. The second kappa shape index (κ2) is 5.23. The number of carbonyl (C=O) groups is 1. The van der Waals surface area contributed by atoms with Crippen LogP contribution in [0, 0.1) is 5.92 Å². The third-order valence-electron chi connectivity index (χ3n) is 0.873. The third kappa shape index (κ3) is 4.90. The van der Waals surface area contributed by atoms with E-state index in [1.807, 2.05) is 0 Å². The maximum atomic E-state index is 9.78. The summed E-state index contributed by atoms with van der Waals surface area (Å²) in [5, 5.41) is 18.3. The Hall–Kier alpha value is 0.430. The van der Waals surface area contributed by atoms with Crippen LogP contribution < -0.4 is 34.7 Å². The first-order valence-corrected chi connectivity index (χ1v) is 2.44. The monoisotopic (exact) mass is 140 g/mol. The van der Waals surface area contributed by atoms with Gasteiger partial charge in [-0.15, -0.1) is 0 Å². The molecule has 0 saturated carbocycles. The Morgan fingerprint density at radius 3 is 1.89 bits per heavy atom. The van der Waals surface area contributed by atoms with E-state index in [0.717, 1.165) is 0 Å². The van der Waals surface area contributed by atoms with Crippen LogP contribution in [0.15, 0.2) is 0 Å². The molecule has 48 valence electrons. The summed E-state index contributed by atoms with van der Waals surface area (Å²) in [7, 11) is 0. The van der Waals surface area contributed by atoms with Crippen molar-refractivity contribution in [1.29, 1.82) is 0 Å². The van der Waals surface area contributed by atoms with Crippen molar-refractivity contribution >= 4 is 5.97 Å². The molecular formula is C5H9NaO3. The van der Waals surface area contributed by atoms with Crippen molar-refractivity contribution in [3.63, 3.8) is 0 Å². The number of aliphatic carboxylic acids is 1. The summed E-state index contributed by atoms with van der Waals surface area (Å²) in [6, 6.07) is 0. The zero-order chi connectivity index (χ0) is 6.73. The maximum absolute atomic E-state index is 9.78. The smallest absolute Gasteiger partial charge is 0.547 e. The van der Waals surface area contributed by atoms with E-state index in [2.05, 4.69) is 0 Å². The first-order valence-electron chi connectivity index (χ1n) is 2.44. The van der Waals surface area contributed by atoms with Gasteiger partial charge in [0.2, 0.25) is 0 Å². The van der Waals surface area contributed by atoms with Gasteiger partial charge in [-0.2, -0.15) is 0 Å². The number of hydrogen-bond acceptors (Lipinski definition) is 3. The average Bonchev–Trinajstić information content (AvgIpc) is 1.64. The molecule has 0 rings (SSSR count). The number of carbonyl (C=O) groups excluding carboxylic acids is 1. The van der Waals surface area contributed by atoms with Gasteiger partial charge in [0, 0.05) is 0 Å². The van der Waals surface area contributed by atoms with Crippen LogP contribution in [0.3, 0.4) is 0 Å². The summed E-state index contributed by atoms with van der Waals surface area (Å²) >= 11 is 0. The van der Waals surface area contributed by atoms with Crippen LogP contribution in [0.4, 0.5) is 0 Å². The molecule has 0 amide bonds. The molecule has 9 heavy (non-hydrogen) atoms. The molecule has 0 spiro atoms. The molecule has 0 heterocycles. The van der Waals surface area contributed by atoms with Gasteiger partial charge in [-0.3, -0.25) is 0 Å². The number of hydrogen-bond donors (Lipinski definition) is 1. The SMILES string of the molecule is CC(C)[C@@H](O)C(=O)[O-].[Na+]. The Bertz CT molecular complexity index is 92.2. The fourth-order valence-corrected chi connectivity index (χ4v) is 0.272. The van der Waals surface area contributed by atoms with Gasteiger partial charge in [-0.25, -0.2) is 0 Å². The van der Waals surface area contributed by atoms with Crippen molar-refractivity contribution in [3.8, 4) is 0 Å². The van der Waals surface area contributed by atoms with Gasteiger partial charge in [0.15, 0.2) is 0 Å². The minimum absolute atomic E-state index is 0. The van der Waals surface area contributed by atoms with Crippen LogP contribution in [-0.4, -0.2) is 17.2 Å². The molecule has 1 N–H and O–H groups in total. The van der Waals surface area contributed by atoms with Crippen LogP contribution >= 0.6 is 0 Å². The van der Waals surface area contributed by atoms with Crippen LogP contribution in [0.1, 0.15) is 13.8 Å². The largest absolute Gasteiger partial charge is 1.00 e. The average molecular weight is 140 g/mol. The molecule has 0 bridgehead atoms. The molecule has 0 unspecified atom stereocenters. The predicted octanol–water partition coefficient (Wildman–Crippen LogP) is -4.24. The van der Waals surface area contributed by atoms with Crippen LogP contribution in [0.5, 0.6) is 0 Å². The zero-order valence-corrected chi connectivity index (χ0v) is 7.92. The molecule has 0 aromatic heterocycles. The predicted molar refractivity (Wildman–Crippen MR) is 25.9 cm³/mol. The quantitative estimate of drug-likeness (QED) is 0.395. The Morgan fingerprint density at radius 2 is 1.89 bits per heavy atom. The van der Waals surface area contributed by atoms with E-state index in [1.165, 1.54) is 0 Å². The molecule has 0 radical (unpaired) electrons. The van der Waals surface area contributed by atoms with Crippen molar-refractivity contribution in [2.24, 2.45) is 5.92 Å². The summed E-state index contributed by atoms with van der Waals surface area (Å²) < 4.78 is 0. The Labute approximate surface area is 76.4 Å². The van der Waals surface area contributed by atoms with E-state index in [0.29, 0.717) is 0 Å². The Balaban J connectivity index is 0. The van der Waals surface area contributed by atoms with Crippen LogP contribution in [0.2, 0.25) is 0 Å². The molecular weight excluding hydrogens is 131 g/mol. The normalized spacial score (nSPS) is 12.4. The van der Waals surface area contributed by atoms with Gasteiger partial charge in [0.1, 0.15) is 0 Å². The van der Waals surface area contributed by atoms with Gasteiger partial charge in [0.25, 0.3) is 0 Å². The standard InChI is InChI=1S/C5H10O3.Na/c1-3(2)4(6)5(7)8;/h3-4,6H,1-2H3,(H,7,8);/q;+1/p-1/t4-;/m1./s1. The van der Waals surface area contributed by atoms with Crippen molar-refractivity contribution in [1.82, 2.24) is 0 Å². The van der Waals surface area contributed by atoms with Crippen molar-refractivity contribution in [2.45, 2.75) is 20.0 Å². The molecule has 0 aliphatic heterocycles. The van der Waals surface area contributed by atoms with E-state index >= 15 is 0 Å². The fraction of sp³-hybridized carbons (Fsp3) is 0.800. The topological polar surface area (TPSA) is 60.4 Å². The summed E-state index contributed by atoms with van der Waals surface area (Å²) in [5.74, 6) is -1.67. The van der Waals surface area contributed by atoms with Gasteiger partial charge >= 0.3 is 29.6 Å². The molecule has 0 saturated heterocycles. The Morgan fingerprint density at radius 1 is 1.56 bits per heavy atom. The minimum atomic E-state index is -1.40. The Kier molecular flexibility index (Phi) is 7.06. The first kappa shape index (κ1) is 12.1. The first-order chi connectivity index (χ1) is 3.55. The number of carboxylic acids is 1. The number of aliphatic hydroxyl groups is 1. The number of aliphatic hydroxyl groups excluding tert-OH is 1. The second-order valence-corrected chi connectivity index (χ2v) is 2.01. The van der Waals surface area contributed by atoms with E-state index in [-0.39, 0.29) is 35.5 Å². The summed E-state index contributed by atoms with van der Waals surface area (Å²) in [6.07, 6.45) is -1.32. The molecule has 0 fully saturated rings. The molecule has 0 aliphatic carbocycles. The summed E-state index contributed by atoms with van der Waals surface area (Å²) in [5.41, 5.74) is 0. The van der Waals surface area contributed by atoms with Crippen LogP contribution in [0.25, 0.3) is 0 Å². The molecule has 0 aliphatic rings. The molecule has 0 aromatic rings. The van der Waals surface area contributed by atoms with Gasteiger partial charge in [-0.05, 0) is 5.92 Å². The van der Waals surface area contributed by atoms with Crippen LogP contribution in [-0.2, 0) is 4.79 Å². The minimum Gasteiger partial charge on any atom is -0.547 e.